The molecule has 21 heavy (non-hydrogen) atoms. The van der Waals surface area contributed by atoms with Crippen LogP contribution in [0.2, 0.25) is 0 Å². The summed E-state index contributed by atoms with van der Waals surface area (Å²) in [5.41, 5.74) is 2.01. The lowest BCUT2D eigenvalue weighted by Gasteiger charge is -2.04. The van der Waals surface area contributed by atoms with Gasteiger partial charge in [0.15, 0.2) is 0 Å². The lowest BCUT2D eigenvalue weighted by Crippen LogP contribution is -2.24. The van der Waals surface area contributed by atoms with Crippen molar-refractivity contribution in [2.75, 3.05) is 6.54 Å². The molecule has 0 saturated heterocycles. The summed E-state index contributed by atoms with van der Waals surface area (Å²) in [4.78, 5) is 10.7. The van der Waals surface area contributed by atoms with E-state index in [1.54, 1.807) is 6.20 Å². The van der Waals surface area contributed by atoms with Gasteiger partial charge >= 0.3 is 5.97 Å². The molecule has 0 unspecified atom stereocenters. The summed E-state index contributed by atoms with van der Waals surface area (Å²) in [6.07, 6.45) is 3.08. The van der Waals surface area contributed by atoms with E-state index >= 15 is 0 Å². The Kier molecular flexibility index (Phi) is 4.76. The van der Waals surface area contributed by atoms with Crippen LogP contribution in [0.25, 0.3) is 0 Å². The highest BCUT2D eigenvalue weighted by atomic mass is 32.2. The molecule has 0 aliphatic heterocycles. The molecule has 0 saturated carbocycles. The molecule has 0 spiro atoms. The van der Waals surface area contributed by atoms with E-state index in [2.05, 4.69) is 14.9 Å². The Morgan fingerprint density at radius 3 is 2.86 bits per heavy atom. The highest BCUT2D eigenvalue weighted by molar-refractivity contribution is 7.91. The number of hydrogen-bond acceptors (Lipinski definition) is 5. The molecule has 0 aliphatic carbocycles. The maximum atomic E-state index is 12.0. The molecule has 0 bridgehead atoms. The number of nitrogens with one attached hydrogen (secondary N) is 2. The molecule has 0 aromatic carbocycles. The van der Waals surface area contributed by atoms with Gasteiger partial charge in [-0.2, -0.15) is 5.10 Å². The molecule has 0 radical (unpaired) electrons. The molecule has 114 valence electrons. The van der Waals surface area contributed by atoms with Crippen LogP contribution in [0.4, 0.5) is 0 Å². The molecular formula is C12H15N3O4S2. The minimum absolute atomic E-state index is 0.0133. The molecule has 0 amide bonds. The van der Waals surface area contributed by atoms with Gasteiger partial charge in [-0.1, -0.05) is 0 Å². The van der Waals surface area contributed by atoms with Crippen LogP contribution in [0.3, 0.4) is 0 Å². The standard InChI is InChI=1S/C12H15N3O4S2/c1-8-9(6-13-15-8)3-2-4-14-21(18,19)11-5-10(7-20-11)12(16)17/h5-7,14H,2-4H2,1H3,(H,13,15)(H,16,17). The largest absolute Gasteiger partial charge is 0.478 e. The van der Waals surface area contributed by atoms with Crippen molar-refractivity contribution in [1.82, 2.24) is 14.9 Å². The van der Waals surface area contributed by atoms with Gasteiger partial charge in [0.05, 0.1) is 11.8 Å². The zero-order valence-corrected chi connectivity index (χ0v) is 12.9. The summed E-state index contributed by atoms with van der Waals surface area (Å²) in [6, 6.07) is 1.16. The molecule has 7 nitrogen and oxygen atoms in total. The summed E-state index contributed by atoms with van der Waals surface area (Å²) in [6.45, 7) is 2.19. The highest BCUT2D eigenvalue weighted by Crippen LogP contribution is 2.20. The van der Waals surface area contributed by atoms with Crippen LogP contribution in [-0.4, -0.2) is 36.2 Å². The fourth-order valence-electron chi connectivity index (χ4n) is 1.75. The van der Waals surface area contributed by atoms with Crippen LogP contribution in [0.15, 0.2) is 21.9 Å². The fourth-order valence-corrected chi connectivity index (χ4v) is 4.03. The molecule has 9 heteroatoms. The number of aromatic carboxylic acids is 1. The van der Waals surface area contributed by atoms with Gasteiger partial charge in [-0.3, -0.25) is 5.10 Å². The molecule has 2 rings (SSSR count). The second-order valence-corrected chi connectivity index (χ2v) is 7.39. The Morgan fingerprint density at radius 1 is 1.52 bits per heavy atom. The highest BCUT2D eigenvalue weighted by Gasteiger charge is 2.18. The van der Waals surface area contributed by atoms with Crippen molar-refractivity contribution >= 4 is 27.3 Å². The number of H-pyrrole nitrogens is 1. The topological polar surface area (TPSA) is 112 Å². The zero-order valence-electron chi connectivity index (χ0n) is 11.3. The van der Waals surface area contributed by atoms with Crippen molar-refractivity contribution < 1.29 is 18.3 Å². The first-order valence-electron chi connectivity index (χ1n) is 6.20. The normalized spacial score (nSPS) is 11.7. The van der Waals surface area contributed by atoms with Gasteiger partial charge in [0.1, 0.15) is 4.21 Å². The number of rotatable bonds is 7. The average molecular weight is 329 g/mol. The smallest absolute Gasteiger partial charge is 0.336 e. The predicted octanol–water partition coefficient (Wildman–Crippen LogP) is 1.39. The van der Waals surface area contributed by atoms with E-state index in [1.165, 1.54) is 5.38 Å². The summed E-state index contributed by atoms with van der Waals surface area (Å²) in [5, 5.41) is 16.8. The lowest BCUT2D eigenvalue weighted by atomic mass is 10.1. The number of carbonyl (C=O) groups is 1. The van der Waals surface area contributed by atoms with Gasteiger partial charge in [0.2, 0.25) is 10.0 Å². The van der Waals surface area contributed by atoms with Gasteiger partial charge in [0, 0.05) is 17.6 Å². The van der Waals surface area contributed by atoms with E-state index in [1.807, 2.05) is 6.92 Å². The summed E-state index contributed by atoms with van der Waals surface area (Å²) >= 11 is 0.897. The number of hydrogen-bond donors (Lipinski definition) is 3. The number of nitrogens with zero attached hydrogens (tertiary/aromatic N) is 1. The first-order chi connectivity index (χ1) is 9.90. The van der Waals surface area contributed by atoms with Gasteiger partial charge in [0.25, 0.3) is 0 Å². The Bertz CT molecular complexity index is 733. The summed E-state index contributed by atoms with van der Waals surface area (Å²) < 4.78 is 26.5. The van der Waals surface area contributed by atoms with Crippen molar-refractivity contribution in [2.45, 2.75) is 24.0 Å². The van der Waals surface area contributed by atoms with E-state index < -0.39 is 16.0 Å². The van der Waals surface area contributed by atoms with Gasteiger partial charge in [-0.05, 0) is 31.4 Å². The Balaban J connectivity index is 1.89. The second kappa shape index (κ2) is 6.37. The summed E-state index contributed by atoms with van der Waals surface area (Å²) in [5.74, 6) is -1.14. The molecule has 3 N–H and O–H groups in total. The third kappa shape index (κ3) is 3.90. The van der Waals surface area contributed by atoms with Crippen LogP contribution in [-0.2, 0) is 16.4 Å². The van der Waals surface area contributed by atoms with E-state index in [9.17, 15) is 13.2 Å². The number of aromatic nitrogens is 2. The third-order valence-corrected chi connectivity index (χ3v) is 5.84. The van der Waals surface area contributed by atoms with Gasteiger partial charge < -0.3 is 5.11 Å². The SMILES string of the molecule is Cc1[nH]ncc1CCCNS(=O)(=O)c1cc(C(=O)O)cs1. The lowest BCUT2D eigenvalue weighted by molar-refractivity contribution is 0.0697. The van der Waals surface area contributed by atoms with Crippen molar-refractivity contribution in [3.8, 4) is 0 Å². The molecule has 2 aromatic rings. The number of carboxylic acid groups (broad SMARTS) is 1. The van der Waals surface area contributed by atoms with E-state index in [4.69, 9.17) is 5.11 Å². The quantitative estimate of drug-likeness (QED) is 0.665. The number of aryl methyl sites for hydroxylation is 2. The van der Waals surface area contributed by atoms with E-state index in [0.717, 1.165) is 35.1 Å². The summed E-state index contributed by atoms with van der Waals surface area (Å²) in [7, 11) is -3.64. The molecule has 2 aromatic heterocycles. The molecule has 0 atom stereocenters. The minimum atomic E-state index is -3.64. The maximum Gasteiger partial charge on any atom is 0.336 e. The third-order valence-electron chi connectivity index (χ3n) is 2.94. The van der Waals surface area contributed by atoms with E-state index in [0.29, 0.717) is 6.42 Å². The number of sulfonamides is 1. The van der Waals surface area contributed by atoms with Crippen molar-refractivity contribution in [2.24, 2.45) is 0 Å². The first kappa shape index (κ1) is 15.7. The Morgan fingerprint density at radius 2 is 2.29 bits per heavy atom. The maximum absolute atomic E-state index is 12.0. The molecule has 0 aliphatic rings. The monoisotopic (exact) mass is 329 g/mol. The predicted molar refractivity (Wildman–Crippen MR) is 78.1 cm³/mol. The molecule has 0 fully saturated rings. The Hall–Kier alpha value is -1.71. The Labute approximate surface area is 126 Å². The fraction of sp³-hybridized carbons (Fsp3) is 0.333. The van der Waals surface area contributed by atoms with Gasteiger partial charge in [-0.15, -0.1) is 11.3 Å². The van der Waals surface area contributed by atoms with Crippen LogP contribution in [0.1, 0.15) is 28.0 Å². The number of aromatic amines is 1. The van der Waals surface area contributed by atoms with Crippen LogP contribution in [0, 0.1) is 6.92 Å². The zero-order chi connectivity index (χ0) is 15.5. The minimum Gasteiger partial charge on any atom is -0.478 e. The first-order valence-corrected chi connectivity index (χ1v) is 8.57. The van der Waals surface area contributed by atoms with Gasteiger partial charge in [-0.25, -0.2) is 17.9 Å². The average Bonchev–Trinajstić information content (AvgIpc) is 3.04. The van der Waals surface area contributed by atoms with E-state index in [-0.39, 0.29) is 16.3 Å². The molecule has 2 heterocycles. The van der Waals surface area contributed by atoms with Crippen LogP contribution in [0.5, 0.6) is 0 Å². The molecular weight excluding hydrogens is 314 g/mol. The van der Waals surface area contributed by atoms with Crippen LogP contribution < -0.4 is 4.72 Å². The number of carboxylic acids is 1. The number of thiophene rings is 1. The van der Waals surface area contributed by atoms with Crippen molar-refractivity contribution in [3.05, 3.63) is 34.5 Å². The second-order valence-electron chi connectivity index (χ2n) is 4.48. The van der Waals surface area contributed by atoms with Crippen molar-refractivity contribution in [3.63, 3.8) is 0 Å². The van der Waals surface area contributed by atoms with Crippen LogP contribution >= 0.6 is 11.3 Å². The van der Waals surface area contributed by atoms with Crippen molar-refractivity contribution in [1.29, 1.82) is 0 Å².